The average Bonchev–Trinajstić information content (AvgIpc) is 2.54. The van der Waals surface area contributed by atoms with E-state index in [1.807, 2.05) is 6.07 Å². The van der Waals surface area contributed by atoms with Crippen LogP contribution in [0.2, 0.25) is 0 Å². The van der Waals surface area contributed by atoms with Crippen LogP contribution in [-0.2, 0) is 6.54 Å². The molecule has 1 N–H and O–H groups in total. The van der Waals surface area contributed by atoms with Gasteiger partial charge in [-0.1, -0.05) is 26.0 Å². The molecular formula is C17H23FN4. The highest BCUT2D eigenvalue weighted by molar-refractivity contribution is 5.48. The van der Waals surface area contributed by atoms with Crippen molar-refractivity contribution < 1.29 is 4.39 Å². The first kappa shape index (κ1) is 16.2. The number of nitrogens with zero attached hydrogens (tertiary/aromatic N) is 3. The van der Waals surface area contributed by atoms with Crippen molar-refractivity contribution in [3.8, 4) is 0 Å². The molecule has 0 aliphatic rings. The number of hydrogen-bond donors (Lipinski definition) is 1. The lowest BCUT2D eigenvalue weighted by Gasteiger charge is -2.22. The van der Waals surface area contributed by atoms with Gasteiger partial charge in [-0.3, -0.25) is 0 Å². The fourth-order valence-corrected chi connectivity index (χ4v) is 2.29. The summed E-state index contributed by atoms with van der Waals surface area (Å²) in [5.41, 5.74) is 1.01. The second-order valence-corrected chi connectivity index (χ2v) is 5.23. The summed E-state index contributed by atoms with van der Waals surface area (Å²) in [4.78, 5) is 10.9. The summed E-state index contributed by atoms with van der Waals surface area (Å²) in [7, 11) is 0. The zero-order chi connectivity index (χ0) is 15.8. The van der Waals surface area contributed by atoms with Crippen LogP contribution in [0.5, 0.6) is 0 Å². The van der Waals surface area contributed by atoms with Crippen LogP contribution in [-0.4, -0.2) is 23.1 Å². The maximum atomic E-state index is 12.9. The van der Waals surface area contributed by atoms with Gasteiger partial charge in [-0.25, -0.2) is 14.4 Å². The lowest BCUT2D eigenvalue weighted by molar-refractivity contribution is 0.627. The van der Waals surface area contributed by atoms with Crippen molar-refractivity contribution in [1.82, 2.24) is 9.97 Å². The third kappa shape index (κ3) is 4.69. The third-order valence-corrected chi connectivity index (χ3v) is 3.35. The monoisotopic (exact) mass is 302 g/mol. The van der Waals surface area contributed by atoms with Gasteiger partial charge in [-0.05, 0) is 30.5 Å². The van der Waals surface area contributed by atoms with E-state index in [2.05, 4.69) is 34.0 Å². The molecule has 0 radical (unpaired) electrons. The molecule has 118 valence electrons. The van der Waals surface area contributed by atoms with Gasteiger partial charge in [0.25, 0.3) is 0 Å². The highest BCUT2D eigenvalue weighted by Crippen LogP contribution is 2.16. The van der Waals surface area contributed by atoms with E-state index in [1.165, 1.54) is 12.1 Å². The first-order chi connectivity index (χ1) is 10.7. The second-order valence-electron chi connectivity index (χ2n) is 5.23. The molecule has 4 nitrogen and oxygen atoms in total. The Morgan fingerprint density at radius 3 is 2.36 bits per heavy atom. The molecule has 2 aromatic rings. The molecule has 0 fully saturated rings. The standard InChI is InChI=1S/C17H23FN4/c1-3-9-22(10-4-2)17-11-16(20-13-21-17)19-12-14-5-7-15(18)8-6-14/h5-8,11,13H,3-4,9-10,12H2,1-2H3,(H,19,20,21). The zero-order valence-electron chi connectivity index (χ0n) is 13.2. The summed E-state index contributed by atoms with van der Waals surface area (Å²) in [5.74, 6) is 1.51. The van der Waals surface area contributed by atoms with Gasteiger partial charge in [0, 0.05) is 25.7 Å². The van der Waals surface area contributed by atoms with Crippen LogP contribution < -0.4 is 10.2 Å². The van der Waals surface area contributed by atoms with Crippen molar-refractivity contribution >= 4 is 11.6 Å². The van der Waals surface area contributed by atoms with E-state index < -0.39 is 0 Å². The number of nitrogens with one attached hydrogen (secondary N) is 1. The summed E-state index contributed by atoms with van der Waals surface area (Å²) in [6.07, 6.45) is 3.76. The van der Waals surface area contributed by atoms with Gasteiger partial charge in [0.15, 0.2) is 0 Å². The summed E-state index contributed by atoms with van der Waals surface area (Å²) in [5, 5.41) is 3.26. The Bertz CT molecular complexity index is 565. The van der Waals surface area contributed by atoms with E-state index in [4.69, 9.17) is 0 Å². The normalized spacial score (nSPS) is 10.5. The predicted molar refractivity (Wildman–Crippen MR) is 88.6 cm³/mol. The summed E-state index contributed by atoms with van der Waals surface area (Å²) in [6.45, 7) is 6.91. The van der Waals surface area contributed by atoms with Gasteiger partial charge in [0.1, 0.15) is 23.8 Å². The fraction of sp³-hybridized carbons (Fsp3) is 0.412. The van der Waals surface area contributed by atoms with E-state index in [9.17, 15) is 4.39 Å². The van der Waals surface area contributed by atoms with Gasteiger partial charge in [-0.15, -0.1) is 0 Å². The van der Waals surface area contributed by atoms with E-state index in [1.54, 1.807) is 18.5 Å². The maximum absolute atomic E-state index is 12.9. The largest absolute Gasteiger partial charge is 0.366 e. The van der Waals surface area contributed by atoms with Gasteiger partial charge in [0.2, 0.25) is 0 Å². The molecule has 0 bridgehead atoms. The molecule has 1 heterocycles. The lowest BCUT2D eigenvalue weighted by Crippen LogP contribution is -2.26. The Labute approximate surface area is 131 Å². The van der Waals surface area contributed by atoms with Crippen molar-refractivity contribution in [3.63, 3.8) is 0 Å². The molecule has 0 aliphatic heterocycles. The molecular weight excluding hydrogens is 279 g/mol. The number of rotatable bonds is 8. The minimum absolute atomic E-state index is 0.220. The fourth-order valence-electron chi connectivity index (χ4n) is 2.29. The topological polar surface area (TPSA) is 41.0 Å². The summed E-state index contributed by atoms with van der Waals surface area (Å²) in [6, 6.07) is 8.43. The highest BCUT2D eigenvalue weighted by atomic mass is 19.1. The highest BCUT2D eigenvalue weighted by Gasteiger charge is 2.07. The summed E-state index contributed by atoms with van der Waals surface area (Å²) < 4.78 is 12.9. The third-order valence-electron chi connectivity index (χ3n) is 3.35. The van der Waals surface area contributed by atoms with Crippen LogP contribution in [0.3, 0.4) is 0 Å². The molecule has 0 saturated carbocycles. The smallest absolute Gasteiger partial charge is 0.134 e. The SMILES string of the molecule is CCCN(CCC)c1cc(NCc2ccc(F)cc2)ncn1. The minimum Gasteiger partial charge on any atom is -0.366 e. The van der Waals surface area contributed by atoms with Crippen molar-refractivity contribution in [1.29, 1.82) is 0 Å². The van der Waals surface area contributed by atoms with Crippen molar-refractivity contribution in [2.75, 3.05) is 23.3 Å². The number of anilines is 2. The Hall–Kier alpha value is -2.17. The molecule has 0 amide bonds. The molecule has 2 rings (SSSR count). The maximum Gasteiger partial charge on any atom is 0.134 e. The first-order valence-electron chi connectivity index (χ1n) is 7.78. The molecule has 0 aliphatic carbocycles. The molecule has 1 aromatic carbocycles. The molecule has 22 heavy (non-hydrogen) atoms. The van der Waals surface area contributed by atoms with E-state index in [-0.39, 0.29) is 5.82 Å². The quantitative estimate of drug-likeness (QED) is 0.804. The Kier molecular flexibility index (Phi) is 6.13. The zero-order valence-corrected chi connectivity index (χ0v) is 13.2. The molecule has 0 unspecified atom stereocenters. The number of halogens is 1. The predicted octanol–water partition coefficient (Wildman–Crippen LogP) is 3.85. The molecule has 0 spiro atoms. The van der Waals surface area contributed by atoms with Crippen LogP contribution in [0.15, 0.2) is 36.7 Å². The average molecular weight is 302 g/mol. The van der Waals surface area contributed by atoms with Crippen LogP contribution >= 0.6 is 0 Å². The summed E-state index contributed by atoms with van der Waals surface area (Å²) >= 11 is 0. The number of benzene rings is 1. The van der Waals surface area contributed by atoms with E-state index in [0.717, 1.165) is 43.1 Å². The Morgan fingerprint density at radius 2 is 1.73 bits per heavy atom. The molecule has 0 saturated heterocycles. The van der Waals surface area contributed by atoms with Crippen LogP contribution in [0.4, 0.5) is 16.0 Å². The minimum atomic E-state index is -0.220. The van der Waals surface area contributed by atoms with Crippen molar-refractivity contribution in [2.45, 2.75) is 33.2 Å². The van der Waals surface area contributed by atoms with Crippen molar-refractivity contribution in [3.05, 3.63) is 48.0 Å². The van der Waals surface area contributed by atoms with Crippen LogP contribution in [0, 0.1) is 5.82 Å². The number of aromatic nitrogens is 2. The van der Waals surface area contributed by atoms with Crippen molar-refractivity contribution in [2.24, 2.45) is 0 Å². The Balaban J connectivity index is 2.02. The first-order valence-corrected chi connectivity index (χ1v) is 7.78. The molecule has 5 heteroatoms. The second kappa shape index (κ2) is 8.32. The van der Waals surface area contributed by atoms with Gasteiger partial charge in [0.05, 0.1) is 0 Å². The van der Waals surface area contributed by atoms with Crippen LogP contribution in [0.1, 0.15) is 32.3 Å². The van der Waals surface area contributed by atoms with E-state index >= 15 is 0 Å². The van der Waals surface area contributed by atoms with Crippen LogP contribution in [0.25, 0.3) is 0 Å². The Morgan fingerprint density at radius 1 is 1.05 bits per heavy atom. The molecule has 1 aromatic heterocycles. The lowest BCUT2D eigenvalue weighted by atomic mass is 10.2. The molecule has 0 atom stereocenters. The van der Waals surface area contributed by atoms with Gasteiger partial charge >= 0.3 is 0 Å². The van der Waals surface area contributed by atoms with Gasteiger partial charge < -0.3 is 10.2 Å². The van der Waals surface area contributed by atoms with Gasteiger partial charge in [-0.2, -0.15) is 0 Å². The van der Waals surface area contributed by atoms with E-state index in [0.29, 0.717) is 6.54 Å². The number of hydrogen-bond acceptors (Lipinski definition) is 4.